The number of para-hydroxylation sites is 2. The van der Waals surface area contributed by atoms with E-state index in [-0.39, 0.29) is 29.6 Å². The van der Waals surface area contributed by atoms with Crippen LogP contribution in [0.3, 0.4) is 0 Å². The Kier molecular flexibility index (Phi) is 7.93. The summed E-state index contributed by atoms with van der Waals surface area (Å²) in [7, 11) is 0. The van der Waals surface area contributed by atoms with Crippen LogP contribution >= 0.6 is 0 Å². The zero-order chi connectivity index (χ0) is 24.2. The minimum Gasteiger partial charge on any atom is -0.352 e. The van der Waals surface area contributed by atoms with Crippen LogP contribution in [-0.4, -0.2) is 58.7 Å². The number of rotatable bonds is 6. The molecule has 0 unspecified atom stereocenters. The number of hydrogen-bond acceptors (Lipinski definition) is 4. The van der Waals surface area contributed by atoms with Gasteiger partial charge in [0.05, 0.1) is 23.0 Å². The van der Waals surface area contributed by atoms with Gasteiger partial charge in [0.2, 0.25) is 5.91 Å². The molecule has 2 saturated heterocycles. The van der Waals surface area contributed by atoms with Crippen LogP contribution in [0.25, 0.3) is 11.0 Å². The van der Waals surface area contributed by atoms with Crippen molar-refractivity contribution in [2.24, 2.45) is 11.8 Å². The zero-order valence-electron chi connectivity index (χ0n) is 21.4. The van der Waals surface area contributed by atoms with Gasteiger partial charge in [0.1, 0.15) is 0 Å². The smallest absolute Gasteiger partial charge is 0.329 e. The molecule has 3 fully saturated rings. The van der Waals surface area contributed by atoms with Crippen molar-refractivity contribution in [2.45, 2.75) is 83.3 Å². The largest absolute Gasteiger partial charge is 0.352 e. The van der Waals surface area contributed by atoms with Crippen molar-refractivity contribution in [1.29, 1.82) is 0 Å². The molecule has 5 rings (SSSR count). The number of nitrogens with zero attached hydrogens (tertiary/aromatic N) is 3. The average molecular weight is 482 g/mol. The van der Waals surface area contributed by atoms with E-state index in [1.165, 1.54) is 44.9 Å². The first-order chi connectivity index (χ1) is 17.2. The van der Waals surface area contributed by atoms with Gasteiger partial charge in [-0.3, -0.25) is 13.9 Å². The van der Waals surface area contributed by atoms with Gasteiger partial charge in [-0.25, -0.2) is 4.79 Å². The molecule has 7 heteroatoms. The number of imidazole rings is 1. The molecule has 3 atom stereocenters. The Morgan fingerprint density at radius 1 is 1.03 bits per heavy atom. The summed E-state index contributed by atoms with van der Waals surface area (Å²) in [5.74, 6) is 0.636. The molecule has 1 aliphatic carbocycles. The SMILES string of the molecule is CCn1c(=O)n([C@@H]2CCN(CC3CCCCCCC3)C[C@@H]2C(=O)N[C@H]2CCNC2)c2ccccc21. The second-order valence-corrected chi connectivity index (χ2v) is 11.0. The van der Waals surface area contributed by atoms with Gasteiger partial charge in [-0.15, -0.1) is 0 Å². The topological polar surface area (TPSA) is 71.3 Å². The highest BCUT2D eigenvalue weighted by atomic mass is 16.2. The lowest BCUT2D eigenvalue weighted by molar-refractivity contribution is -0.129. The van der Waals surface area contributed by atoms with Gasteiger partial charge in [-0.1, -0.05) is 44.2 Å². The van der Waals surface area contributed by atoms with Crippen molar-refractivity contribution in [3.05, 3.63) is 34.7 Å². The Hall–Kier alpha value is -2.12. The molecule has 3 aliphatic rings. The number of benzene rings is 1. The van der Waals surface area contributed by atoms with E-state index in [9.17, 15) is 9.59 Å². The second-order valence-electron chi connectivity index (χ2n) is 11.0. The van der Waals surface area contributed by atoms with E-state index in [1.54, 1.807) is 0 Å². The number of fused-ring (bicyclic) bond motifs is 1. The molecule has 0 spiro atoms. The van der Waals surface area contributed by atoms with Gasteiger partial charge in [0, 0.05) is 38.8 Å². The summed E-state index contributed by atoms with van der Waals surface area (Å²) >= 11 is 0. The Morgan fingerprint density at radius 3 is 2.49 bits per heavy atom. The van der Waals surface area contributed by atoms with Crippen molar-refractivity contribution < 1.29 is 4.79 Å². The summed E-state index contributed by atoms with van der Waals surface area (Å²) in [5.41, 5.74) is 1.95. The normalized spacial score (nSPS) is 27.1. The molecule has 0 radical (unpaired) electrons. The third-order valence-corrected chi connectivity index (χ3v) is 8.66. The summed E-state index contributed by atoms with van der Waals surface area (Å²) < 4.78 is 3.80. The number of carbonyl (C=O) groups excluding carboxylic acids is 1. The van der Waals surface area contributed by atoms with Crippen molar-refractivity contribution >= 4 is 16.9 Å². The Bertz CT molecular complexity index is 1050. The summed E-state index contributed by atoms with van der Waals surface area (Å²) in [6.45, 7) is 7.23. The third kappa shape index (κ3) is 5.36. The van der Waals surface area contributed by atoms with Crippen molar-refractivity contribution in [2.75, 3.05) is 32.7 Å². The van der Waals surface area contributed by atoms with Gasteiger partial charge < -0.3 is 15.5 Å². The fourth-order valence-corrected chi connectivity index (χ4v) is 6.77. The predicted octanol–water partition coefficient (Wildman–Crippen LogP) is 3.52. The quantitative estimate of drug-likeness (QED) is 0.662. The maximum atomic E-state index is 13.7. The highest BCUT2D eigenvalue weighted by molar-refractivity contribution is 5.81. The number of amides is 1. The van der Waals surface area contributed by atoms with Gasteiger partial charge in [0.15, 0.2) is 0 Å². The first kappa shape index (κ1) is 24.6. The summed E-state index contributed by atoms with van der Waals surface area (Å²) in [6, 6.07) is 8.15. The number of carbonyl (C=O) groups is 1. The van der Waals surface area contributed by atoms with Crippen LogP contribution in [0.4, 0.5) is 0 Å². The zero-order valence-corrected chi connectivity index (χ0v) is 21.4. The van der Waals surface area contributed by atoms with Crippen LogP contribution in [0.2, 0.25) is 0 Å². The molecule has 0 bridgehead atoms. The number of piperidine rings is 1. The number of aromatic nitrogens is 2. The monoisotopic (exact) mass is 481 g/mol. The lowest BCUT2D eigenvalue weighted by Gasteiger charge is -2.40. The fraction of sp³-hybridized carbons (Fsp3) is 0.714. The maximum absolute atomic E-state index is 13.7. The summed E-state index contributed by atoms with van der Waals surface area (Å²) in [6.07, 6.45) is 11.2. The Morgan fingerprint density at radius 2 is 1.77 bits per heavy atom. The van der Waals surface area contributed by atoms with E-state index in [4.69, 9.17) is 0 Å². The van der Waals surface area contributed by atoms with Crippen molar-refractivity contribution in [1.82, 2.24) is 24.7 Å². The van der Waals surface area contributed by atoms with E-state index in [0.29, 0.717) is 6.54 Å². The lowest BCUT2D eigenvalue weighted by atomic mass is 9.87. The molecule has 1 aromatic carbocycles. The standard InChI is InChI=1S/C28H43N5O2/c1-2-32-25-12-8-9-13-26(25)33(28(32)35)24-15-17-31(19-21-10-6-4-3-5-7-11-21)20-23(24)27(34)30-22-14-16-29-18-22/h8-9,12-13,21-24,29H,2-7,10-11,14-20H2,1H3,(H,30,34)/t22-,23-,24+/m0/s1. The van der Waals surface area contributed by atoms with Crippen LogP contribution in [0.5, 0.6) is 0 Å². The van der Waals surface area contributed by atoms with Crippen molar-refractivity contribution in [3.8, 4) is 0 Å². The van der Waals surface area contributed by atoms with Crippen LogP contribution in [-0.2, 0) is 11.3 Å². The third-order valence-electron chi connectivity index (χ3n) is 8.66. The van der Waals surface area contributed by atoms with Gasteiger partial charge in [0.25, 0.3) is 0 Å². The van der Waals surface area contributed by atoms with E-state index in [1.807, 2.05) is 40.3 Å². The van der Waals surface area contributed by atoms with Crippen LogP contribution in [0, 0.1) is 11.8 Å². The molecule has 1 aromatic heterocycles. The lowest BCUT2D eigenvalue weighted by Crippen LogP contribution is -2.52. The Balaban J connectivity index is 1.41. The van der Waals surface area contributed by atoms with Crippen LogP contribution in [0.15, 0.2) is 29.1 Å². The number of likely N-dealkylation sites (tertiary alicyclic amines) is 1. The molecule has 7 nitrogen and oxygen atoms in total. The highest BCUT2D eigenvalue weighted by Gasteiger charge is 2.38. The number of nitrogens with one attached hydrogen (secondary N) is 2. The first-order valence-corrected chi connectivity index (χ1v) is 14.1. The second kappa shape index (κ2) is 11.3. The van der Waals surface area contributed by atoms with Crippen LogP contribution in [0.1, 0.15) is 70.8 Å². The van der Waals surface area contributed by atoms with E-state index in [2.05, 4.69) is 15.5 Å². The van der Waals surface area contributed by atoms with Crippen LogP contribution < -0.4 is 16.3 Å². The van der Waals surface area contributed by atoms with Gasteiger partial charge in [-0.05, 0) is 57.2 Å². The molecule has 1 saturated carbocycles. The number of hydrogen-bond donors (Lipinski definition) is 2. The molecule has 1 amide bonds. The summed E-state index contributed by atoms with van der Waals surface area (Å²) in [4.78, 5) is 29.8. The van der Waals surface area contributed by atoms with E-state index >= 15 is 0 Å². The van der Waals surface area contributed by atoms with E-state index < -0.39 is 0 Å². The fourth-order valence-electron chi connectivity index (χ4n) is 6.77. The highest BCUT2D eigenvalue weighted by Crippen LogP contribution is 2.33. The molecule has 2 aromatic rings. The van der Waals surface area contributed by atoms with Crippen molar-refractivity contribution in [3.63, 3.8) is 0 Å². The predicted molar refractivity (Wildman–Crippen MR) is 141 cm³/mol. The molecular formula is C28H43N5O2. The number of aryl methyl sites for hydroxylation is 1. The van der Waals surface area contributed by atoms with Gasteiger partial charge >= 0.3 is 5.69 Å². The minimum absolute atomic E-state index is 0.0208. The maximum Gasteiger partial charge on any atom is 0.329 e. The Labute approximate surface area is 209 Å². The minimum atomic E-state index is -0.216. The first-order valence-electron chi connectivity index (χ1n) is 14.1. The molecule has 192 valence electrons. The summed E-state index contributed by atoms with van der Waals surface area (Å²) in [5, 5.41) is 6.69. The van der Waals surface area contributed by atoms with Gasteiger partial charge in [-0.2, -0.15) is 0 Å². The molecule has 3 heterocycles. The molecule has 2 N–H and O–H groups in total. The average Bonchev–Trinajstić information content (AvgIpc) is 3.45. The molecule has 2 aliphatic heterocycles. The van der Waals surface area contributed by atoms with E-state index in [0.717, 1.165) is 62.5 Å². The molecule has 35 heavy (non-hydrogen) atoms. The molecular weight excluding hydrogens is 438 g/mol.